The monoisotopic (exact) mass is 356 g/mol. The fraction of sp³-hybridized carbons (Fsp3) is 0.812. The Morgan fingerprint density at radius 2 is 1.80 bits per heavy atom. The van der Waals surface area contributed by atoms with Crippen molar-refractivity contribution in [1.82, 2.24) is 25.8 Å². The van der Waals surface area contributed by atoms with Crippen LogP contribution in [-0.4, -0.2) is 100 Å². The molecule has 144 valence electrons. The molecule has 0 atom stereocenters. The lowest BCUT2D eigenvalue weighted by Gasteiger charge is -2.36. The normalized spacial score (nSPS) is 16.0. The molecule has 1 aliphatic rings. The zero-order chi connectivity index (χ0) is 18.7. The molecule has 1 rings (SSSR count). The molecule has 0 aliphatic carbocycles. The van der Waals surface area contributed by atoms with Crippen molar-refractivity contribution in [3.05, 3.63) is 0 Å². The van der Waals surface area contributed by atoms with E-state index in [9.17, 15) is 9.59 Å². The molecule has 0 bridgehead atoms. The van der Waals surface area contributed by atoms with E-state index >= 15 is 0 Å². The smallest absolute Gasteiger partial charge is 0.239 e. The molecule has 0 radical (unpaired) electrons. The van der Waals surface area contributed by atoms with Crippen LogP contribution >= 0.6 is 0 Å². The predicted molar refractivity (Wildman–Crippen MR) is 97.5 cm³/mol. The Hall–Kier alpha value is -1.87. The first-order valence-electron chi connectivity index (χ1n) is 8.69. The largest absolute Gasteiger partial charge is 0.383 e. The Kier molecular flexibility index (Phi) is 9.86. The van der Waals surface area contributed by atoms with E-state index in [4.69, 9.17) is 4.74 Å². The molecule has 0 saturated carbocycles. The van der Waals surface area contributed by atoms with Crippen LogP contribution in [0.2, 0.25) is 0 Å². The molecule has 0 aromatic carbocycles. The molecule has 9 nitrogen and oxygen atoms in total. The summed E-state index contributed by atoms with van der Waals surface area (Å²) in [6.45, 7) is 8.58. The summed E-state index contributed by atoms with van der Waals surface area (Å²) in [6, 6.07) is 0.159. The molecule has 9 heteroatoms. The zero-order valence-electron chi connectivity index (χ0n) is 15.8. The summed E-state index contributed by atoms with van der Waals surface area (Å²) in [7, 11) is 3.30. The number of carbonyl (C=O) groups is 2. The molecule has 25 heavy (non-hydrogen) atoms. The summed E-state index contributed by atoms with van der Waals surface area (Å²) in [6.07, 6.45) is 0. The van der Waals surface area contributed by atoms with Crippen LogP contribution in [-0.2, 0) is 14.3 Å². The van der Waals surface area contributed by atoms with Gasteiger partial charge in [0.05, 0.1) is 19.7 Å². The lowest BCUT2D eigenvalue weighted by Crippen LogP contribution is -2.55. The molecule has 0 aromatic rings. The Morgan fingerprint density at radius 3 is 2.36 bits per heavy atom. The quantitative estimate of drug-likeness (QED) is 0.277. The number of guanidine groups is 1. The van der Waals surface area contributed by atoms with Gasteiger partial charge < -0.3 is 25.6 Å². The van der Waals surface area contributed by atoms with Crippen molar-refractivity contribution < 1.29 is 14.3 Å². The fourth-order valence-electron chi connectivity index (χ4n) is 2.54. The van der Waals surface area contributed by atoms with Crippen LogP contribution in [0.25, 0.3) is 0 Å². The summed E-state index contributed by atoms with van der Waals surface area (Å²) in [5, 5.41) is 8.74. The Labute approximate surface area is 150 Å². The minimum Gasteiger partial charge on any atom is -0.383 e. The molecule has 0 unspecified atom stereocenters. The minimum atomic E-state index is -0.0952. The second-order valence-corrected chi connectivity index (χ2v) is 6.23. The summed E-state index contributed by atoms with van der Waals surface area (Å²) < 4.78 is 4.89. The molecule has 1 aliphatic heterocycles. The highest BCUT2D eigenvalue weighted by Gasteiger charge is 2.21. The van der Waals surface area contributed by atoms with Gasteiger partial charge in [-0.05, 0) is 13.8 Å². The average Bonchev–Trinajstić information content (AvgIpc) is 2.56. The first-order valence-corrected chi connectivity index (χ1v) is 8.69. The molecular formula is C16H32N6O3. The van der Waals surface area contributed by atoms with Gasteiger partial charge in [-0.15, -0.1) is 0 Å². The van der Waals surface area contributed by atoms with Crippen LogP contribution in [0, 0.1) is 0 Å². The Balaban J connectivity index is 2.31. The van der Waals surface area contributed by atoms with Crippen molar-refractivity contribution in [2.45, 2.75) is 19.9 Å². The van der Waals surface area contributed by atoms with E-state index in [1.54, 1.807) is 14.2 Å². The topological polar surface area (TPSA) is 98.3 Å². The van der Waals surface area contributed by atoms with E-state index in [0.717, 1.165) is 26.2 Å². The number of piperazine rings is 1. The molecule has 3 N–H and O–H groups in total. The zero-order valence-corrected chi connectivity index (χ0v) is 15.8. The second-order valence-electron chi connectivity index (χ2n) is 6.23. The number of nitrogens with zero attached hydrogens (tertiary/aromatic N) is 3. The average molecular weight is 356 g/mol. The lowest BCUT2D eigenvalue weighted by atomic mass is 10.3. The third-order valence-electron chi connectivity index (χ3n) is 3.74. The van der Waals surface area contributed by atoms with Gasteiger partial charge in [-0.2, -0.15) is 0 Å². The van der Waals surface area contributed by atoms with Gasteiger partial charge >= 0.3 is 0 Å². The number of rotatable bonds is 8. The number of ether oxygens (including phenoxy) is 1. The van der Waals surface area contributed by atoms with Gasteiger partial charge in [-0.1, -0.05) is 0 Å². The summed E-state index contributed by atoms with van der Waals surface area (Å²) >= 11 is 0. The van der Waals surface area contributed by atoms with Crippen molar-refractivity contribution in [3.63, 3.8) is 0 Å². The van der Waals surface area contributed by atoms with E-state index in [2.05, 4.69) is 30.7 Å². The molecule has 1 saturated heterocycles. The van der Waals surface area contributed by atoms with Crippen molar-refractivity contribution in [2.75, 3.05) is 66.6 Å². The maximum atomic E-state index is 11.8. The van der Waals surface area contributed by atoms with E-state index in [1.165, 1.54) is 0 Å². The van der Waals surface area contributed by atoms with Crippen molar-refractivity contribution >= 4 is 17.8 Å². The SMILES string of the molecule is CN=C(NCC(=O)NCCOC)N1CCN(CC(=O)NC(C)C)CC1. The highest BCUT2D eigenvalue weighted by Crippen LogP contribution is 2.02. The molecule has 1 heterocycles. The number of hydrogen-bond donors (Lipinski definition) is 3. The minimum absolute atomic E-state index is 0.0543. The van der Waals surface area contributed by atoms with E-state index in [0.29, 0.717) is 25.7 Å². The maximum Gasteiger partial charge on any atom is 0.239 e. The molecule has 0 spiro atoms. The third kappa shape index (κ3) is 8.69. The molecule has 1 fully saturated rings. The number of nitrogens with one attached hydrogen (secondary N) is 3. The van der Waals surface area contributed by atoms with E-state index in [1.807, 2.05) is 13.8 Å². The summed E-state index contributed by atoms with van der Waals surface area (Å²) in [5.74, 6) is 0.661. The van der Waals surface area contributed by atoms with Gasteiger partial charge in [0.15, 0.2) is 5.96 Å². The highest BCUT2D eigenvalue weighted by atomic mass is 16.5. The summed E-state index contributed by atoms with van der Waals surface area (Å²) in [4.78, 5) is 32.0. The van der Waals surface area contributed by atoms with Gasteiger partial charge in [-0.3, -0.25) is 19.5 Å². The predicted octanol–water partition coefficient (Wildman–Crippen LogP) is -1.53. The number of carbonyl (C=O) groups excluding carboxylic acids is 2. The van der Waals surface area contributed by atoms with Crippen molar-refractivity contribution in [2.24, 2.45) is 4.99 Å². The Bertz CT molecular complexity index is 447. The Morgan fingerprint density at radius 1 is 1.12 bits per heavy atom. The van der Waals surface area contributed by atoms with Crippen LogP contribution in [0.15, 0.2) is 4.99 Å². The van der Waals surface area contributed by atoms with E-state index < -0.39 is 0 Å². The van der Waals surface area contributed by atoms with Gasteiger partial charge in [0.25, 0.3) is 0 Å². The van der Waals surface area contributed by atoms with Crippen molar-refractivity contribution in [3.8, 4) is 0 Å². The summed E-state index contributed by atoms with van der Waals surface area (Å²) in [5.41, 5.74) is 0. The third-order valence-corrected chi connectivity index (χ3v) is 3.74. The van der Waals surface area contributed by atoms with Crippen LogP contribution in [0.3, 0.4) is 0 Å². The van der Waals surface area contributed by atoms with Crippen molar-refractivity contribution in [1.29, 1.82) is 0 Å². The fourth-order valence-corrected chi connectivity index (χ4v) is 2.54. The molecule has 0 aromatic heterocycles. The first kappa shape index (κ1) is 21.2. The van der Waals surface area contributed by atoms with Gasteiger partial charge in [-0.25, -0.2) is 0 Å². The van der Waals surface area contributed by atoms with Crippen LogP contribution < -0.4 is 16.0 Å². The highest BCUT2D eigenvalue weighted by molar-refractivity contribution is 5.86. The number of hydrogen-bond acceptors (Lipinski definition) is 5. The second kappa shape index (κ2) is 11.6. The van der Waals surface area contributed by atoms with Gasteiger partial charge in [0, 0.05) is 52.9 Å². The van der Waals surface area contributed by atoms with E-state index in [-0.39, 0.29) is 24.4 Å². The van der Waals surface area contributed by atoms with Crippen LogP contribution in [0.5, 0.6) is 0 Å². The first-order chi connectivity index (χ1) is 12.0. The van der Waals surface area contributed by atoms with Gasteiger partial charge in [0.1, 0.15) is 0 Å². The van der Waals surface area contributed by atoms with Gasteiger partial charge in [0.2, 0.25) is 11.8 Å². The number of aliphatic imine (C=N–C) groups is 1. The maximum absolute atomic E-state index is 11.8. The standard InChI is InChI=1S/C16H32N6O3/c1-13(2)20-15(24)12-21-6-8-22(9-7-21)16(17-3)19-11-14(23)18-5-10-25-4/h13H,5-12H2,1-4H3,(H,17,19)(H,18,23)(H,20,24). The van der Waals surface area contributed by atoms with Crippen LogP contribution in [0.4, 0.5) is 0 Å². The number of amides is 2. The molecule has 2 amide bonds. The lowest BCUT2D eigenvalue weighted by molar-refractivity contribution is -0.123. The molecular weight excluding hydrogens is 324 g/mol. The van der Waals surface area contributed by atoms with Crippen LogP contribution in [0.1, 0.15) is 13.8 Å². The number of methoxy groups -OCH3 is 1.